The summed E-state index contributed by atoms with van der Waals surface area (Å²) in [4.78, 5) is 21.2. The van der Waals surface area contributed by atoms with E-state index in [2.05, 4.69) is 36.5 Å². The number of carbonyl (C=O) groups excluding carboxylic acids is 2. The van der Waals surface area contributed by atoms with Gasteiger partial charge in [0.2, 0.25) is 0 Å². The SMILES string of the molecule is CCOC(=O)CCC/C=C\C/C=C\C/C=C\C/C=C\CC=O. The molecule has 0 amide bonds. The maximum absolute atomic E-state index is 11.1. The van der Waals surface area contributed by atoms with E-state index in [0.717, 1.165) is 38.4 Å². The van der Waals surface area contributed by atoms with Gasteiger partial charge in [0.25, 0.3) is 0 Å². The number of unbranched alkanes of at least 4 members (excludes halogenated alkanes) is 1. The Morgan fingerprint density at radius 1 is 0.818 bits per heavy atom. The molecule has 0 aliphatic carbocycles. The van der Waals surface area contributed by atoms with Crippen LogP contribution in [0.1, 0.15) is 51.9 Å². The van der Waals surface area contributed by atoms with Gasteiger partial charge in [0, 0.05) is 12.8 Å². The monoisotopic (exact) mass is 304 g/mol. The highest BCUT2D eigenvalue weighted by atomic mass is 16.5. The largest absolute Gasteiger partial charge is 0.466 e. The smallest absolute Gasteiger partial charge is 0.305 e. The Hall–Kier alpha value is -1.90. The van der Waals surface area contributed by atoms with Gasteiger partial charge in [0.05, 0.1) is 6.61 Å². The highest BCUT2D eigenvalue weighted by molar-refractivity contribution is 5.69. The fourth-order valence-corrected chi connectivity index (χ4v) is 1.68. The molecule has 3 heteroatoms. The van der Waals surface area contributed by atoms with Crippen molar-refractivity contribution in [1.29, 1.82) is 0 Å². The summed E-state index contributed by atoms with van der Waals surface area (Å²) in [7, 11) is 0. The van der Waals surface area contributed by atoms with Crippen LogP contribution >= 0.6 is 0 Å². The normalized spacial score (nSPS) is 12.0. The molecule has 0 saturated carbocycles. The lowest BCUT2D eigenvalue weighted by Crippen LogP contribution is -2.02. The number of rotatable bonds is 13. The third-order valence-corrected chi connectivity index (χ3v) is 2.77. The van der Waals surface area contributed by atoms with Crippen LogP contribution in [-0.4, -0.2) is 18.9 Å². The van der Waals surface area contributed by atoms with Crippen LogP contribution in [0.3, 0.4) is 0 Å². The molecule has 0 unspecified atom stereocenters. The molecule has 0 aromatic rings. The maximum atomic E-state index is 11.1. The van der Waals surface area contributed by atoms with Crippen molar-refractivity contribution in [3.63, 3.8) is 0 Å². The molecular weight excluding hydrogens is 276 g/mol. The molecule has 0 aromatic carbocycles. The third-order valence-electron chi connectivity index (χ3n) is 2.77. The lowest BCUT2D eigenvalue weighted by Gasteiger charge is -1.98. The number of hydrogen-bond acceptors (Lipinski definition) is 3. The van der Waals surface area contributed by atoms with Gasteiger partial charge in [-0.1, -0.05) is 48.6 Å². The minimum absolute atomic E-state index is 0.108. The van der Waals surface area contributed by atoms with Gasteiger partial charge in [-0.2, -0.15) is 0 Å². The number of aldehydes is 1. The van der Waals surface area contributed by atoms with Gasteiger partial charge in [-0.05, 0) is 39.0 Å². The van der Waals surface area contributed by atoms with Crippen molar-refractivity contribution in [2.24, 2.45) is 0 Å². The zero-order valence-electron chi connectivity index (χ0n) is 13.6. The fourth-order valence-electron chi connectivity index (χ4n) is 1.68. The van der Waals surface area contributed by atoms with Gasteiger partial charge in [-0.15, -0.1) is 0 Å². The minimum Gasteiger partial charge on any atom is -0.466 e. The first-order chi connectivity index (χ1) is 10.8. The molecule has 0 aliphatic heterocycles. The van der Waals surface area contributed by atoms with Gasteiger partial charge < -0.3 is 9.53 Å². The van der Waals surface area contributed by atoms with E-state index in [0.29, 0.717) is 19.4 Å². The summed E-state index contributed by atoms with van der Waals surface area (Å²) in [5.74, 6) is -0.108. The van der Waals surface area contributed by atoms with E-state index < -0.39 is 0 Å². The zero-order chi connectivity index (χ0) is 16.3. The van der Waals surface area contributed by atoms with Gasteiger partial charge in [-0.25, -0.2) is 0 Å². The molecule has 3 nitrogen and oxygen atoms in total. The standard InChI is InChI=1S/C19H28O3/c1-2-22-19(21)17-15-13-11-9-7-5-3-4-6-8-10-12-14-16-18-20/h3,5-6,8-9,11-12,14,18H,2,4,7,10,13,15-17H2,1H3/b5-3-,8-6-,11-9-,14-12-. The average molecular weight is 304 g/mol. The molecule has 0 radical (unpaired) electrons. The summed E-state index contributed by atoms with van der Waals surface area (Å²) in [5, 5.41) is 0. The number of hydrogen-bond donors (Lipinski definition) is 0. The van der Waals surface area contributed by atoms with E-state index in [-0.39, 0.29) is 5.97 Å². The zero-order valence-corrected chi connectivity index (χ0v) is 13.6. The molecule has 0 spiro atoms. The average Bonchev–Trinajstić information content (AvgIpc) is 2.51. The molecule has 0 rings (SSSR count). The molecule has 0 heterocycles. The van der Waals surface area contributed by atoms with Crippen molar-refractivity contribution in [2.75, 3.05) is 6.61 Å². The molecule has 0 aromatic heterocycles. The summed E-state index contributed by atoms with van der Waals surface area (Å²) in [5.41, 5.74) is 0. The van der Waals surface area contributed by atoms with Crippen LogP contribution in [-0.2, 0) is 14.3 Å². The molecule has 0 aliphatic rings. The summed E-state index contributed by atoms with van der Waals surface area (Å²) in [6, 6.07) is 0. The second kappa shape index (κ2) is 17.2. The Morgan fingerprint density at radius 2 is 1.32 bits per heavy atom. The van der Waals surface area contributed by atoms with Crippen LogP contribution in [0.4, 0.5) is 0 Å². The van der Waals surface area contributed by atoms with Crippen LogP contribution < -0.4 is 0 Å². The summed E-state index contributed by atoms with van der Waals surface area (Å²) >= 11 is 0. The van der Waals surface area contributed by atoms with Gasteiger partial charge in [-0.3, -0.25) is 4.79 Å². The summed E-state index contributed by atoms with van der Waals surface area (Å²) in [6.45, 7) is 2.28. The Morgan fingerprint density at radius 3 is 1.82 bits per heavy atom. The first-order valence-corrected chi connectivity index (χ1v) is 8.00. The number of carbonyl (C=O) groups is 2. The van der Waals surface area contributed by atoms with E-state index in [4.69, 9.17) is 4.74 Å². The maximum Gasteiger partial charge on any atom is 0.305 e. The molecule has 0 fully saturated rings. The van der Waals surface area contributed by atoms with E-state index in [1.54, 1.807) is 0 Å². The number of ether oxygens (including phenoxy) is 1. The van der Waals surface area contributed by atoms with E-state index in [1.165, 1.54) is 0 Å². The van der Waals surface area contributed by atoms with Crippen molar-refractivity contribution in [3.05, 3.63) is 48.6 Å². The third kappa shape index (κ3) is 16.2. The Bertz CT molecular complexity index is 389. The molecule has 0 N–H and O–H groups in total. The van der Waals surface area contributed by atoms with Crippen LogP contribution in [0.25, 0.3) is 0 Å². The number of allylic oxidation sites excluding steroid dienone is 8. The molecule has 0 saturated heterocycles. The second-order valence-electron chi connectivity index (χ2n) is 4.69. The van der Waals surface area contributed by atoms with Crippen molar-refractivity contribution >= 4 is 12.3 Å². The van der Waals surface area contributed by atoms with Crippen LogP contribution in [0.15, 0.2) is 48.6 Å². The molecule has 0 atom stereocenters. The highest BCUT2D eigenvalue weighted by Gasteiger charge is 1.98. The van der Waals surface area contributed by atoms with Crippen LogP contribution in [0.5, 0.6) is 0 Å². The Balaban J connectivity index is 3.46. The Labute approximate surface area is 134 Å². The van der Waals surface area contributed by atoms with E-state index >= 15 is 0 Å². The molecular formula is C19H28O3. The van der Waals surface area contributed by atoms with Crippen molar-refractivity contribution < 1.29 is 14.3 Å². The Kier molecular flexibility index (Phi) is 15.7. The van der Waals surface area contributed by atoms with Gasteiger partial charge in [0.1, 0.15) is 6.29 Å². The van der Waals surface area contributed by atoms with E-state index in [1.807, 2.05) is 19.1 Å². The predicted molar refractivity (Wildman–Crippen MR) is 91.6 cm³/mol. The quantitative estimate of drug-likeness (QED) is 0.214. The lowest BCUT2D eigenvalue weighted by molar-refractivity contribution is -0.143. The van der Waals surface area contributed by atoms with Crippen LogP contribution in [0, 0.1) is 0 Å². The highest BCUT2D eigenvalue weighted by Crippen LogP contribution is 2.00. The number of esters is 1. The van der Waals surface area contributed by atoms with Crippen molar-refractivity contribution in [3.8, 4) is 0 Å². The topological polar surface area (TPSA) is 43.4 Å². The summed E-state index contributed by atoms with van der Waals surface area (Å²) in [6.07, 6.45) is 23.0. The van der Waals surface area contributed by atoms with Crippen molar-refractivity contribution in [2.45, 2.75) is 51.9 Å². The van der Waals surface area contributed by atoms with Gasteiger partial charge >= 0.3 is 5.97 Å². The van der Waals surface area contributed by atoms with Crippen molar-refractivity contribution in [1.82, 2.24) is 0 Å². The van der Waals surface area contributed by atoms with Gasteiger partial charge in [0.15, 0.2) is 0 Å². The molecule has 22 heavy (non-hydrogen) atoms. The first-order valence-electron chi connectivity index (χ1n) is 8.00. The fraction of sp³-hybridized carbons (Fsp3) is 0.474. The second-order valence-corrected chi connectivity index (χ2v) is 4.69. The summed E-state index contributed by atoms with van der Waals surface area (Å²) < 4.78 is 4.86. The van der Waals surface area contributed by atoms with Crippen LogP contribution in [0.2, 0.25) is 0 Å². The first kappa shape index (κ1) is 20.1. The lowest BCUT2D eigenvalue weighted by atomic mass is 10.2. The molecule has 0 bridgehead atoms. The molecule has 122 valence electrons. The van der Waals surface area contributed by atoms with E-state index in [9.17, 15) is 9.59 Å². The minimum atomic E-state index is -0.108. The predicted octanol–water partition coefficient (Wildman–Crippen LogP) is 4.70.